The Bertz CT molecular complexity index is 294. The molecule has 0 heterocycles. The van der Waals surface area contributed by atoms with E-state index in [0.29, 0.717) is 0 Å². The fourth-order valence-electron chi connectivity index (χ4n) is 1.92. The molecule has 0 aromatic heterocycles. The molecule has 0 aromatic carbocycles. The highest BCUT2D eigenvalue weighted by Gasteiger charge is 2.40. The first kappa shape index (κ1) is 15.4. The molecule has 2 atom stereocenters. The first-order valence-electron chi connectivity index (χ1n) is 6.30. The van der Waals surface area contributed by atoms with E-state index in [4.69, 9.17) is 4.43 Å². The molecule has 0 bridgehead atoms. The van der Waals surface area contributed by atoms with Gasteiger partial charge in [0.15, 0.2) is 8.32 Å². The largest absolute Gasteiger partial charge is 0.414 e. The summed E-state index contributed by atoms with van der Waals surface area (Å²) in [5.74, 6) is 0. The molecule has 1 aliphatic rings. The van der Waals surface area contributed by atoms with Gasteiger partial charge in [0.1, 0.15) is 0 Å². The van der Waals surface area contributed by atoms with E-state index < -0.39 is 8.32 Å². The highest BCUT2D eigenvalue weighted by Crippen LogP contribution is 2.39. The maximum atomic E-state index is 9.85. The lowest BCUT2D eigenvalue weighted by Gasteiger charge is -2.41. The molecule has 1 N–H and O–H groups in total. The van der Waals surface area contributed by atoms with Crippen molar-refractivity contribution in [2.75, 3.05) is 0 Å². The number of rotatable bonds is 2. The number of hydrogen-bond acceptors (Lipinski definition) is 2. The summed E-state index contributed by atoms with van der Waals surface area (Å²) in [6, 6.07) is 0. The molecule has 1 fully saturated rings. The van der Waals surface area contributed by atoms with Crippen LogP contribution in [0.25, 0.3) is 0 Å². The average molecular weight is 321 g/mol. The maximum Gasteiger partial charge on any atom is 0.192 e. The van der Waals surface area contributed by atoms with Gasteiger partial charge in [-0.1, -0.05) is 42.3 Å². The number of hydrogen-bond donors (Lipinski definition) is 1. The summed E-state index contributed by atoms with van der Waals surface area (Å²) in [5.41, 5.74) is 1.26. The lowest BCUT2D eigenvalue weighted by atomic mass is 9.91. The van der Waals surface area contributed by atoms with Crippen molar-refractivity contribution in [2.24, 2.45) is 0 Å². The minimum atomic E-state index is -1.72. The van der Waals surface area contributed by atoms with E-state index in [-0.39, 0.29) is 17.2 Å². The molecular weight excluding hydrogens is 296 g/mol. The van der Waals surface area contributed by atoms with Crippen LogP contribution in [0.15, 0.2) is 10.6 Å². The van der Waals surface area contributed by atoms with Crippen LogP contribution < -0.4 is 0 Å². The normalized spacial score (nSPS) is 29.7. The molecule has 0 amide bonds. The molecular formula is C13H25BrO2Si. The monoisotopic (exact) mass is 320 g/mol. The van der Waals surface area contributed by atoms with Crippen molar-refractivity contribution >= 4 is 24.2 Å². The first-order chi connectivity index (χ1) is 7.65. The predicted octanol–water partition coefficient (Wildman–Crippen LogP) is 4.20. The molecule has 0 aliphatic heterocycles. The summed E-state index contributed by atoms with van der Waals surface area (Å²) < 4.78 is 6.36. The Balaban J connectivity index is 2.69. The van der Waals surface area contributed by atoms with Crippen molar-refractivity contribution in [2.45, 2.75) is 70.4 Å². The van der Waals surface area contributed by atoms with Gasteiger partial charge in [-0.15, -0.1) is 0 Å². The summed E-state index contributed by atoms with van der Waals surface area (Å²) in [6.07, 6.45) is 2.44. The van der Waals surface area contributed by atoms with Crippen LogP contribution >= 0.6 is 15.9 Å². The summed E-state index contributed by atoms with van der Waals surface area (Å²) in [7, 11) is -1.72. The third-order valence-corrected chi connectivity index (χ3v) is 9.13. The summed E-state index contributed by atoms with van der Waals surface area (Å²) in [4.78, 5) is 1.94. The van der Waals surface area contributed by atoms with Gasteiger partial charge in [0.05, 0.1) is 12.2 Å². The molecule has 1 saturated carbocycles. The molecule has 0 radical (unpaired) electrons. The highest BCUT2D eigenvalue weighted by atomic mass is 79.9. The standard InChI is InChI=1S/C13H25BrO2Si/c1-13(2,3)17(4,5)16-12-7-10(9-14)6-11(15)8-12/h9,11-12,15H,6-8H2,1-5H3/b10-9+/t11-,12-/m1/s1. The molecule has 0 saturated heterocycles. The van der Waals surface area contributed by atoms with Crippen molar-refractivity contribution in [1.29, 1.82) is 0 Å². The SMILES string of the molecule is CC(C)(C)[Si](C)(C)O[C@@H]1C/C(=C/Br)C[C@@H](O)C1. The van der Waals surface area contributed by atoms with Crippen LogP contribution in [0.2, 0.25) is 18.1 Å². The Morgan fingerprint density at radius 3 is 2.41 bits per heavy atom. The lowest BCUT2D eigenvalue weighted by molar-refractivity contribution is 0.0669. The second-order valence-corrected chi connectivity index (χ2v) is 11.8. The average Bonchev–Trinajstić information content (AvgIpc) is 2.14. The van der Waals surface area contributed by atoms with Crippen molar-refractivity contribution < 1.29 is 9.53 Å². The lowest BCUT2D eigenvalue weighted by Crippen LogP contribution is -2.45. The molecule has 4 heteroatoms. The number of aliphatic hydroxyl groups excluding tert-OH is 1. The minimum absolute atomic E-state index is 0.184. The van der Waals surface area contributed by atoms with Crippen molar-refractivity contribution in [3.63, 3.8) is 0 Å². The zero-order valence-electron chi connectivity index (χ0n) is 11.6. The second-order valence-electron chi connectivity index (χ2n) is 6.57. The fourth-order valence-corrected chi connectivity index (χ4v) is 3.66. The molecule has 2 nitrogen and oxygen atoms in total. The molecule has 100 valence electrons. The van der Waals surface area contributed by atoms with Crippen LogP contribution in [0.3, 0.4) is 0 Å². The van der Waals surface area contributed by atoms with Gasteiger partial charge in [0, 0.05) is 0 Å². The van der Waals surface area contributed by atoms with E-state index >= 15 is 0 Å². The van der Waals surface area contributed by atoms with Crippen LogP contribution in [0.1, 0.15) is 40.0 Å². The van der Waals surface area contributed by atoms with Gasteiger partial charge in [0.25, 0.3) is 0 Å². The first-order valence-corrected chi connectivity index (χ1v) is 10.1. The van der Waals surface area contributed by atoms with E-state index in [0.717, 1.165) is 19.3 Å². The minimum Gasteiger partial charge on any atom is -0.414 e. The predicted molar refractivity (Wildman–Crippen MR) is 78.9 cm³/mol. The zero-order valence-corrected chi connectivity index (χ0v) is 14.2. The third kappa shape index (κ3) is 4.19. The zero-order chi connectivity index (χ0) is 13.3. The van der Waals surface area contributed by atoms with Crippen molar-refractivity contribution in [3.05, 3.63) is 10.6 Å². The van der Waals surface area contributed by atoms with Crippen molar-refractivity contribution in [3.8, 4) is 0 Å². The highest BCUT2D eigenvalue weighted by molar-refractivity contribution is 9.11. The quantitative estimate of drug-likeness (QED) is 0.772. The molecule has 0 unspecified atom stereocenters. The summed E-state index contributed by atoms with van der Waals surface area (Å²) in [5, 5.41) is 10.1. The van der Waals surface area contributed by atoms with Crippen LogP contribution in [-0.4, -0.2) is 25.6 Å². The van der Waals surface area contributed by atoms with E-state index in [1.165, 1.54) is 5.57 Å². The second kappa shape index (κ2) is 5.55. The fraction of sp³-hybridized carbons (Fsp3) is 0.846. The van der Waals surface area contributed by atoms with Gasteiger partial charge in [-0.2, -0.15) is 0 Å². The van der Waals surface area contributed by atoms with E-state index in [1.807, 2.05) is 4.99 Å². The van der Waals surface area contributed by atoms with Gasteiger partial charge >= 0.3 is 0 Å². The Labute approximate surface area is 115 Å². The number of halogens is 1. The van der Waals surface area contributed by atoms with Crippen LogP contribution in [-0.2, 0) is 4.43 Å². The Hall–Kier alpha value is 0.357. The van der Waals surface area contributed by atoms with Gasteiger partial charge in [0.2, 0.25) is 0 Å². The summed E-state index contributed by atoms with van der Waals surface area (Å²) >= 11 is 3.37. The van der Waals surface area contributed by atoms with E-state index in [2.05, 4.69) is 49.8 Å². The van der Waals surface area contributed by atoms with Gasteiger partial charge < -0.3 is 9.53 Å². The maximum absolute atomic E-state index is 9.85. The summed E-state index contributed by atoms with van der Waals surface area (Å²) in [6.45, 7) is 11.3. The molecule has 1 rings (SSSR count). The van der Waals surface area contributed by atoms with E-state index in [9.17, 15) is 5.11 Å². The Morgan fingerprint density at radius 1 is 1.35 bits per heavy atom. The smallest absolute Gasteiger partial charge is 0.192 e. The molecule has 17 heavy (non-hydrogen) atoms. The Morgan fingerprint density at radius 2 is 1.94 bits per heavy atom. The molecule has 0 spiro atoms. The van der Waals surface area contributed by atoms with Crippen molar-refractivity contribution in [1.82, 2.24) is 0 Å². The number of aliphatic hydroxyl groups is 1. The van der Waals surface area contributed by atoms with Gasteiger partial charge in [-0.25, -0.2) is 0 Å². The topological polar surface area (TPSA) is 29.5 Å². The van der Waals surface area contributed by atoms with E-state index in [1.54, 1.807) is 0 Å². The van der Waals surface area contributed by atoms with Gasteiger partial charge in [-0.05, 0) is 42.4 Å². The van der Waals surface area contributed by atoms with Crippen LogP contribution in [0.5, 0.6) is 0 Å². The molecule has 0 aromatic rings. The third-order valence-electron chi connectivity index (χ3n) is 3.94. The van der Waals surface area contributed by atoms with Crippen LogP contribution in [0.4, 0.5) is 0 Å². The van der Waals surface area contributed by atoms with Gasteiger partial charge in [-0.3, -0.25) is 0 Å². The van der Waals surface area contributed by atoms with Crippen LogP contribution in [0, 0.1) is 0 Å². The molecule has 1 aliphatic carbocycles. The Kier molecular flexibility index (Phi) is 5.03.